The molecule has 0 saturated heterocycles. The molecule has 0 bridgehead atoms. The fraction of sp³-hybridized carbons (Fsp3) is 0.429. The number of amides is 1. The van der Waals surface area contributed by atoms with Crippen molar-refractivity contribution < 1.29 is 14.7 Å². The van der Waals surface area contributed by atoms with Gasteiger partial charge in [0, 0.05) is 23.4 Å². The molecular weight excluding hydrogens is 310 g/mol. The first-order valence-electron chi connectivity index (χ1n) is 6.23. The fourth-order valence-corrected chi connectivity index (χ4v) is 2.19. The van der Waals surface area contributed by atoms with Crippen LogP contribution >= 0.6 is 15.9 Å². The van der Waals surface area contributed by atoms with E-state index < -0.39 is 5.97 Å². The number of carbonyl (C=O) groups is 2. The lowest BCUT2D eigenvalue weighted by atomic mass is 10.1. The van der Waals surface area contributed by atoms with Crippen molar-refractivity contribution in [3.8, 4) is 0 Å². The Labute approximate surface area is 121 Å². The molecule has 5 heteroatoms. The van der Waals surface area contributed by atoms with Crippen molar-refractivity contribution in [2.45, 2.75) is 38.6 Å². The second-order valence-corrected chi connectivity index (χ2v) is 5.35. The Kier molecular flexibility index (Phi) is 6.56. The van der Waals surface area contributed by atoms with Crippen LogP contribution in [0.1, 0.15) is 31.7 Å². The van der Waals surface area contributed by atoms with Crippen LogP contribution in [0.25, 0.3) is 0 Å². The molecule has 0 saturated carbocycles. The molecule has 0 aliphatic rings. The molecule has 0 aliphatic heterocycles. The van der Waals surface area contributed by atoms with Crippen LogP contribution in [-0.2, 0) is 16.0 Å². The van der Waals surface area contributed by atoms with Crippen molar-refractivity contribution in [3.05, 3.63) is 34.3 Å². The van der Waals surface area contributed by atoms with Crippen molar-refractivity contribution >= 4 is 27.8 Å². The summed E-state index contributed by atoms with van der Waals surface area (Å²) in [5.74, 6) is -0.886. The molecule has 0 heterocycles. The molecule has 104 valence electrons. The highest BCUT2D eigenvalue weighted by molar-refractivity contribution is 9.10. The molecule has 1 unspecified atom stereocenters. The second kappa shape index (κ2) is 7.94. The number of carbonyl (C=O) groups excluding carboxylic acids is 1. The average Bonchev–Trinajstić information content (AvgIpc) is 2.35. The van der Waals surface area contributed by atoms with E-state index in [-0.39, 0.29) is 18.4 Å². The Balaban J connectivity index is 2.32. The largest absolute Gasteiger partial charge is 0.481 e. The van der Waals surface area contributed by atoms with Crippen LogP contribution < -0.4 is 5.32 Å². The predicted octanol–water partition coefficient (Wildman–Crippen LogP) is 2.75. The number of rotatable bonds is 7. The van der Waals surface area contributed by atoms with Crippen LogP contribution in [0, 0.1) is 0 Å². The van der Waals surface area contributed by atoms with Gasteiger partial charge in [0.25, 0.3) is 0 Å². The molecule has 19 heavy (non-hydrogen) atoms. The maximum Gasteiger partial charge on any atom is 0.303 e. The van der Waals surface area contributed by atoms with Gasteiger partial charge in [0.1, 0.15) is 0 Å². The van der Waals surface area contributed by atoms with E-state index in [4.69, 9.17) is 5.11 Å². The third kappa shape index (κ3) is 6.38. The highest BCUT2D eigenvalue weighted by Gasteiger charge is 2.09. The number of hydrogen-bond acceptors (Lipinski definition) is 2. The molecule has 1 amide bonds. The molecule has 0 radical (unpaired) electrons. The van der Waals surface area contributed by atoms with E-state index in [9.17, 15) is 9.59 Å². The Hall–Kier alpha value is -1.36. The highest BCUT2D eigenvalue weighted by Crippen LogP contribution is 2.17. The molecule has 1 atom stereocenters. The normalized spacial score (nSPS) is 11.9. The quantitative estimate of drug-likeness (QED) is 0.809. The number of hydrogen-bond donors (Lipinski definition) is 2. The number of benzene rings is 1. The lowest BCUT2D eigenvalue weighted by molar-refractivity contribution is -0.137. The zero-order valence-electron chi connectivity index (χ0n) is 10.9. The maximum atomic E-state index is 11.7. The van der Waals surface area contributed by atoms with Gasteiger partial charge in [0.05, 0.1) is 0 Å². The summed E-state index contributed by atoms with van der Waals surface area (Å²) in [6, 6.07) is 7.69. The number of halogens is 1. The zero-order valence-corrected chi connectivity index (χ0v) is 12.4. The van der Waals surface area contributed by atoms with Crippen molar-refractivity contribution in [2.75, 3.05) is 0 Å². The lowest BCUT2D eigenvalue weighted by Crippen LogP contribution is -2.33. The van der Waals surface area contributed by atoms with Gasteiger partial charge in [0.2, 0.25) is 5.91 Å². The SMILES string of the molecule is CC(CCC(=O)O)NC(=O)CCc1ccccc1Br. The minimum absolute atomic E-state index is 0.0476. The summed E-state index contributed by atoms with van der Waals surface area (Å²) in [6.45, 7) is 1.82. The fourth-order valence-electron chi connectivity index (χ4n) is 1.71. The first-order chi connectivity index (χ1) is 8.99. The topological polar surface area (TPSA) is 66.4 Å². The van der Waals surface area contributed by atoms with Gasteiger partial charge in [-0.05, 0) is 31.4 Å². The molecule has 2 N–H and O–H groups in total. The van der Waals surface area contributed by atoms with Gasteiger partial charge < -0.3 is 10.4 Å². The summed E-state index contributed by atoms with van der Waals surface area (Å²) in [4.78, 5) is 22.1. The standard InChI is InChI=1S/C14H18BrNO3/c1-10(6-9-14(18)19)16-13(17)8-7-11-4-2-3-5-12(11)15/h2-5,10H,6-9H2,1H3,(H,16,17)(H,18,19). The van der Waals surface area contributed by atoms with Gasteiger partial charge in [-0.2, -0.15) is 0 Å². The minimum Gasteiger partial charge on any atom is -0.481 e. The third-order valence-corrected chi connectivity index (χ3v) is 3.55. The summed E-state index contributed by atoms with van der Waals surface area (Å²) in [6.07, 6.45) is 1.60. The van der Waals surface area contributed by atoms with Crippen LogP contribution in [0.5, 0.6) is 0 Å². The summed E-state index contributed by atoms with van der Waals surface area (Å²) in [5, 5.41) is 11.4. The van der Waals surface area contributed by atoms with Gasteiger partial charge in [-0.15, -0.1) is 0 Å². The van der Waals surface area contributed by atoms with Crippen LogP contribution in [0.2, 0.25) is 0 Å². The number of carboxylic acid groups (broad SMARTS) is 1. The zero-order chi connectivity index (χ0) is 14.3. The summed E-state index contributed by atoms with van der Waals surface area (Å²) < 4.78 is 1.00. The second-order valence-electron chi connectivity index (χ2n) is 4.49. The molecule has 0 spiro atoms. The summed E-state index contributed by atoms with van der Waals surface area (Å²) >= 11 is 3.44. The molecule has 0 fully saturated rings. The van der Waals surface area contributed by atoms with Crippen LogP contribution in [0.15, 0.2) is 28.7 Å². The average molecular weight is 328 g/mol. The molecule has 0 aromatic heterocycles. The highest BCUT2D eigenvalue weighted by atomic mass is 79.9. The van der Waals surface area contributed by atoms with Crippen molar-refractivity contribution in [2.24, 2.45) is 0 Å². The first kappa shape index (κ1) is 15.7. The van der Waals surface area contributed by atoms with Gasteiger partial charge in [-0.1, -0.05) is 34.1 Å². The van der Waals surface area contributed by atoms with E-state index in [0.717, 1.165) is 10.0 Å². The van der Waals surface area contributed by atoms with Gasteiger partial charge in [-0.25, -0.2) is 0 Å². The van der Waals surface area contributed by atoms with E-state index in [1.54, 1.807) is 0 Å². The third-order valence-electron chi connectivity index (χ3n) is 2.78. The molecule has 1 aromatic rings. The number of carboxylic acids is 1. The monoisotopic (exact) mass is 327 g/mol. The first-order valence-corrected chi connectivity index (χ1v) is 7.03. The molecule has 0 aliphatic carbocycles. The Morgan fingerprint density at radius 3 is 2.63 bits per heavy atom. The van der Waals surface area contributed by atoms with Crippen LogP contribution in [0.4, 0.5) is 0 Å². The van der Waals surface area contributed by atoms with Crippen LogP contribution in [0.3, 0.4) is 0 Å². The number of aryl methyl sites for hydroxylation is 1. The van der Waals surface area contributed by atoms with Crippen molar-refractivity contribution in [3.63, 3.8) is 0 Å². The maximum absolute atomic E-state index is 11.7. The Bertz CT molecular complexity index is 448. The minimum atomic E-state index is -0.839. The van der Waals surface area contributed by atoms with E-state index in [2.05, 4.69) is 21.2 Å². The van der Waals surface area contributed by atoms with E-state index >= 15 is 0 Å². The van der Waals surface area contributed by atoms with Crippen molar-refractivity contribution in [1.29, 1.82) is 0 Å². The summed E-state index contributed by atoms with van der Waals surface area (Å²) in [5.41, 5.74) is 1.09. The molecule has 1 rings (SSSR count). The molecule has 4 nitrogen and oxygen atoms in total. The van der Waals surface area contributed by atoms with Gasteiger partial charge in [-0.3, -0.25) is 9.59 Å². The summed E-state index contributed by atoms with van der Waals surface area (Å²) in [7, 11) is 0. The Morgan fingerprint density at radius 1 is 1.32 bits per heavy atom. The van der Waals surface area contributed by atoms with Gasteiger partial charge in [0.15, 0.2) is 0 Å². The number of nitrogens with one attached hydrogen (secondary N) is 1. The molecule has 1 aromatic carbocycles. The van der Waals surface area contributed by atoms with Crippen LogP contribution in [-0.4, -0.2) is 23.0 Å². The van der Waals surface area contributed by atoms with Gasteiger partial charge >= 0.3 is 5.97 Å². The van der Waals surface area contributed by atoms with E-state index in [0.29, 0.717) is 19.3 Å². The van der Waals surface area contributed by atoms with E-state index in [1.165, 1.54) is 0 Å². The van der Waals surface area contributed by atoms with Crippen molar-refractivity contribution in [1.82, 2.24) is 5.32 Å². The smallest absolute Gasteiger partial charge is 0.303 e. The van der Waals surface area contributed by atoms with E-state index in [1.807, 2.05) is 31.2 Å². The predicted molar refractivity (Wildman–Crippen MR) is 76.9 cm³/mol. The lowest BCUT2D eigenvalue weighted by Gasteiger charge is -2.12. The Morgan fingerprint density at radius 2 is 2.00 bits per heavy atom. The molecular formula is C14H18BrNO3. The number of aliphatic carboxylic acids is 1.